The van der Waals surface area contributed by atoms with E-state index in [0.29, 0.717) is 23.9 Å². The molecule has 206 valence electrons. The van der Waals surface area contributed by atoms with Crippen LogP contribution in [0.5, 0.6) is 11.5 Å². The number of hydrogen-bond acceptors (Lipinski definition) is 5. The summed E-state index contributed by atoms with van der Waals surface area (Å²) in [5.74, 6) is 1.67. The Balaban J connectivity index is 1.37. The van der Waals surface area contributed by atoms with Gasteiger partial charge in [0.2, 0.25) is 0 Å². The van der Waals surface area contributed by atoms with E-state index in [1.165, 1.54) is 56.1 Å². The van der Waals surface area contributed by atoms with Crippen molar-refractivity contribution >= 4 is 5.97 Å². The molecule has 0 bridgehead atoms. The van der Waals surface area contributed by atoms with Crippen molar-refractivity contribution in [3.05, 3.63) is 60.0 Å². The summed E-state index contributed by atoms with van der Waals surface area (Å²) in [6.45, 7) is 7.21. The standard InChI is InChI=1S/C33H46N2O3/c1-4-5-6-7-8-9-10-11-23-37-31-24-34-32(35-25-31)28-19-21-30(22-20-28)38-33(36)29-17-15-27(16-18-29)14-12-13-26(2)3/h13,15,19-22,24-25,29H,4-12,14,16-18,23H2,1-3H3. The van der Waals surface area contributed by atoms with E-state index in [1.807, 2.05) is 24.3 Å². The van der Waals surface area contributed by atoms with E-state index in [2.05, 4.69) is 42.9 Å². The molecule has 0 fully saturated rings. The molecule has 1 aromatic heterocycles. The number of benzene rings is 1. The lowest BCUT2D eigenvalue weighted by atomic mass is 9.88. The summed E-state index contributed by atoms with van der Waals surface area (Å²) in [4.78, 5) is 21.6. The number of rotatable bonds is 16. The molecule has 1 unspecified atom stereocenters. The van der Waals surface area contributed by atoms with Crippen LogP contribution in [0, 0.1) is 5.92 Å². The SMILES string of the molecule is CCCCCCCCCCOc1cnc(-c2ccc(OC(=O)C3CC=C(CCC=C(C)C)CC3)cc2)nc1. The molecule has 0 radical (unpaired) electrons. The van der Waals surface area contributed by atoms with Crippen LogP contribution >= 0.6 is 0 Å². The van der Waals surface area contributed by atoms with Gasteiger partial charge in [0.05, 0.1) is 24.9 Å². The fourth-order valence-corrected chi connectivity index (χ4v) is 4.71. The molecule has 1 aliphatic rings. The third-order valence-electron chi connectivity index (χ3n) is 7.08. The zero-order chi connectivity index (χ0) is 27.0. The minimum atomic E-state index is -0.147. The van der Waals surface area contributed by atoms with Crippen LogP contribution in [-0.2, 0) is 4.79 Å². The molecule has 1 heterocycles. The highest BCUT2D eigenvalue weighted by Gasteiger charge is 2.23. The van der Waals surface area contributed by atoms with Crippen molar-refractivity contribution in [3.8, 4) is 22.9 Å². The number of esters is 1. The zero-order valence-corrected chi connectivity index (χ0v) is 23.7. The van der Waals surface area contributed by atoms with E-state index in [-0.39, 0.29) is 11.9 Å². The lowest BCUT2D eigenvalue weighted by molar-refractivity contribution is -0.139. The molecule has 0 aliphatic heterocycles. The van der Waals surface area contributed by atoms with Crippen LogP contribution in [0.1, 0.15) is 104 Å². The van der Waals surface area contributed by atoms with E-state index < -0.39 is 0 Å². The van der Waals surface area contributed by atoms with Gasteiger partial charge in [0, 0.05) is 5.56 Å². The van der Waals surface area contributed by atoms with Gasteiger partial charge in [-0.25, -0.2) is 9.97 Å². The third-order valence-corrected chi connectivity index (χ3v) is 7.08. The molecule has 0 spiro atoms. The molecule has 5 nitrogen and oxygen atoms in total. The van der Waals surface area contributed by atoms with Crippen LogP contribution in [0.3, 0.4) is 0 Å². The Bertz CT molecular complexity index is 1020. The van der Waals surface area contributed by atoms with Gasteiger partial charge in [0.25, 0.3) is 0 Å². The third kappa shape index (κ3) is 10.8. The molecule has 0 amide bonds. The quantitative estimate of drug-likeness (QED) is 0.0960. The molecule has 3 rings (SSSR count). The summed E-state index contributed by atoms with van der Waals surface area (Å²) in [6, 6.07) is 7.40. The first-order valence-electron chi connectivity index (χ1n) is 14.6. The predicted molar refractivity (Wildman–Crippen MR) is 155 cm³/mol. The first-order chi connectivity index (χ1) is 18.5. The lowest BCUT2D eigenvalue weighted by Crippen LogP contribution is -2.22. The Morgan fingerprint density at radius 1 is 0.947 bits per heavy atom. The molecule has 1 atom stereocenters. The second-order valence-electron chi connectivity index (χ2n) is 10.7. The molecular formula is C33H46N2O3. The van der Waals surface area contributed by atoms with Crippen molar-refractivity contribution in [2.75, 3.05) is 6.61 Å². The average molecular weight is 519 g/mol. The van der Waals surface area contributed by atoms with E-state index in [1.54, 1.807) is 12.4 Å². The van der Waals surface area contributed by atoms with Gasteiger partial charge < -0.3 is 9.47 Å². The number of carbonyl (C=O) groups excluding carboxylic acids is 1. The highest BCUT2D eigenvalue weighted by molar-refractivity contribution is 5.75. The maximum Gasteiger partial charge on any atom is 0.314 e. The summed E-state index contributed by atoms with van der Waals surface area (Å²) in [7, 11) is 0. The van der Waals surface area contributed by atoms with Gasteiger partial charge in [-0.15, -0.1) is 0 Å². The van der Waals surface area contributed by atoms with E-state index in [0.717, 1.165) is 44.1 Å². The average Bonchev–Trinajstić information content (AvgIpc) is 2.93. The van der Waals surface area contributed by atoms with Crippen molar-refractivity contribution < 1.29 is 14.3 Å². The van der Waals surface area contributed by atoms with Crippen LogP contribution in [0.15, 0.2) is 60.0 Å². The zero-order valence-electron chi connectivity index (χ0n) is 23.7. The molecule has 0 N–H and O–H groups in total. The summed E-state index contributed by atoms with van der Waals surface area (Å²) < 4.78 is 11.5. The Hall–Kier alpha value is -2.95. The van der Waals surface area contributed by atoms with Gasteiger partial charge in [0.1, 0.15) is 5.75 Å². The molecule has 5 heteroatoms. The van der Waals surface area contributed by atoms with Gasteiger partial charge >= 0.3 is 5.97 Å². The highest BCUT2D eigenvalue weighted by Crippen LogP contribution is 2.28. The van der Waals surface area contributed by atoms with Crippen LogP contribution in [-0.4, -0.2) is 22.5 Å². The highest BCUT2D eigenvalue weighted by atomic mass is 16.5. The van der Waals surface area contributed by atoms with Crippen LogP contribution in [0.25, 0.3) is 11.4 Å². The second-order valence-corrected chi connectivity index (χ2v) is 10.7. The summed E-state index contributed by atoms with van der Waals surface area (Å²) in [5.41, 5.74) is 3.69. The number of ether oxygens (including phenoxy) is 2. The van der Waals surface area contributed by atoms with Crippen molar-refractivity contribution in [2.24, 2.45) is 5.92 Å². The smallest absolute Gasteiger partial charge is 0.314 e. The number of hydrogen-bond donors (Lipinski definition) is 0. The van der Waals surface area contributed by atoms with Gasteiger partial charge in [-0.2, -0.15) is 0 Å². The van der Waals surface area contributed by atoms with Crippen LogP contribution in [0.4, 0.5) is 0 Å². The van der Waals surface area contributed by atoms with Gasteiger partial charge in [0.15, 0.2) is 11.6 Å². The Morgan fingerprint density at radius 2 is 1.63 bits per heavy atom. The molecule has 2 aromatic rings. The van der Waals surface area contributed by atoms with Crippen molar-refractivity contribution in [1.29, 1.82) is 0 Å². The molecule has 38 heavy (non-hydrogen) atoms. The maximum absolute atomic E-state index is 12.7. The monoisotopic (exact) mass is 518 g/mol. The summed E-state index contributed by atoms with van der Waals surface area (Å²) in [5, 5.41) is 0. The Labute approximate surface area is 229 Å². The van der Waals surface area contributed by atoms with Gasteiger partial charge in [-0.1, -0.05) is 75.2 Å². The van der Waals surface area contributed by atoms with Crippen molar-refractivity contribution in [1.82, 2.24) is 9.97 Å². The van der Waals surface area contributed by atoms with E-state index in [9.17, 15) is 4.79 Å². The van der Waals surface area contributed by atoms with Crippen molar-refractivity contribution in [2.45, 2.75) is 104 Å². The molecule has 0 saturated heterocycles. The van der Waals surface area contributed by atoms with Gasteiger partial charge in [-0.05, 0) is 76.6 Å². The molecule has 1 aromatic carbocycles. The Kier molecular flexibility index (Phi) is 13.1. The first-order valence-corrected chi connectivity index (χ1v) is 14.6. The number of carbonyl (C=O) groups is 1. The van der Waals surface area contributed by atoms with Crippen LogP contribution in [0.2, 0.25) is 0 Å². The van der Waals surface area contributed by atoms with Gasteiger partial charge in [-0.3, -0.25) is 4.79 Å². The first kappa shape index (κ1) is 29.6. The summed E-state index contributed by atoms with van der Waals surface area (Å²) >= 11 is 0. The molecular weight excluding hydrogens is 472 g/mol. The molecule has 0 saturated carbocycles. The van der Waals surface area contributed by atoms with Crippen LogP contribution < -0.4 is 9.47 Å². The second kappa shape index (κ2) is 16.8. The number of unbranched alkanes of at least 4 members (excludes halogenated alkanes) is 7. The largest absolute Gasteiger partial charge is 0.490 e. The fourth-order valence-electron chi connectivity index (χ4n) is 4.71. The topological polar surface area (TPSA) is 61.3 Å². The minimum absolute atomic E-state index is 0.0662. The fraction of sp³-hybridized carbons (Fsp3) is 0.545. The summed E-state index contributed by atoms with van der Waals surface area (Å²) in [6.07, 6.45) is 23.0. The number of nitrogens with zero attached hydrogens (tertiary/aromatic N) is 2. The number of aromatic nitrogens is 2. The maximum atomic E-state index is 12.7. The molecule has 1 aliphatic carbocycles. The number of allylic oxidation sites excluding steroid dienone is 4. The predicted octanol–water partition coefficient (Wildman–Crippen LogP) is 9.04. The Morgan fingerprint density at radius 3 is 2.26 bits per heavy atom. The lowest BCUT2D eigenvalue weighted by Gasteiger charge is -2.20. The van der Waals surface area contributed by atoms with E-state index in [4.69, 9.17) is 9.47 Å². The van der Waals surface area contributed by atoms with E-state index >= 15 is 0 Å². The minimum Gasteiger partial charge on any atom is -0.490 e. The normalized spacial score (nSPS) is 15.0. The van der Waals surface area contributed by atoms with Crippen molar-refractivity contribution in [3.63, 3.8) is 0 Å².